The molecule has 0 unspecified atom stereocenters. The fraction of sp³-hybridized carbons (Fsp3) is 0.632. The highest BCUT2D eigenvalue weighted by atomic mass is 16.5. The molecule has 0 N–H and O–H groups in total. The molecule has 0 aromatic carbocycles. The Morgan fingerprint density at radius 1 is 1.12 bits per heavy atom. The summed E-state index contributed by atoms with van der Waals surface area (Å²) in [4.78, 5) is 41.7. The first-order chi connectivity index (χ1) is 12.4. The Morgan fingerprint density at radius 2 is 1.81 bits per heavy atom. The second-order valence-electron chi connectivity index (χ2n) is 7.22. The predicted octanol–water partition coefficient (Wildman–Crippen LogP) is 0.713. The van der Waals surface area contributed by atoms with Gasteiger partial charge in [0.25, 0.3) is 11.5 Å². The van der Waals surface area contributed by atoms with Gasteiger partial charge in [-0.15, -0.1) is 0 Å². The molecule has 2 aliphatic heterocycles. The van der Waals surface area contributed by atoms with Crippen LogP contribution in [0.25, 0.3) is 0 Å². The van der Waals surface area contributed by atoms with E-state index in [-0.39, 0.29) is 28.9 Å². The van der Waals surface area contributed by atoms with Gasteiger partial charge in [0.15, 0.2) is 0 Å². The van der Waals surface area contributed by atoms with E-state index in [0.29, 0.717) is 39.4 Å². The summed E-state index contributed by atoms with van der Waals surface area (Å²) in [5.74, 6) is -0.367. The summed E-state index contributed by atoms with van der Waals surface area (Å²) >= 11 is 0. The first-order valence-corrected chi connectivity index (χ1v) is 9.23. The molecule has 0 spiro atoms. The number of hydrogen-bond acceptors (Lipinski definition) is 4. The van der Waals surface area contributed by atoms with Gasteiger partial charge in [-0.25, -0.2) is 0 Å². The third kappa shape index (κ3) is 3.53. The van der Waals surface area contributed by atoms with E-state index >= 15 is 0 Å². The van der Waals surface area contributed by atoms with E-state index in [4.69, 9.17) is 4.74 Å². The standard InChI is InChI=1S/C19H27N3O4/c1-13-11-16(18(24)20(3)14(13)2)19(25)22-6-4-5-15(12-22)17(23)21-7-9-26-10-8-21/h11,15H,4-10,12H2,1-3H3/t15-/m1/s1. The zero-order chi connectivity index (χ0) is 18.8. The summed E-state index contributed by atoms with van der Waals surface area (Å²) in [5.41, 5.74) is 1.67. The van der Waals surface area contributed by atoms with Crippen molar-refractivity contribution in [2.45, 2.75) is 26.7 Å². The van der Waals surface area contributed by atoms with Crippen LogP contribution in [0.4, 0.5) is 0 Å². The lowest BCUT2D eigenvalue weighted by Gasteiger charge is -2.36. The summed E-state index contributed by atoms with van der Waals surface area (Å²) in [5, 5.41) is 0. The molecule has 2 aliphatic rings. The molecular weight excluding hydrogens is 334 g/mol. The van der Waals surface area contributed by atoms with Crippen molar-refractivity contribution in [2.75, 3.05) is 39.4 Å². The molecule has 1 aromatic heterocycles. The number of piperidine rings is 1. The smallest absolute Gasteiger partial charge is 0.263 e. The van der Waals surface area contributed by atoms with Gasteiger partial charge in [-0.2, -0.15) is 0 Å². The number of rotatable bonds is 2. The van der Waals surface area contributed by atoms with Crippen LogP contribution in [0.2, 0.25) is 0 Å². The minimum Gasteiger partial charge on any atom is -0.378 e. The average Bonchev–Trinajstić information content (AvgIpc) is 2.68. The van der Waals surface area contributed by atoms with Crippen LogP contribution in [0.15, 0.2) is 10.9 Å². The summed E-state index contributed by atoms with van der Waals surface area (Å²) in [6.45, 7) is 7.09. The molecule has 0 bridgehead atoms. The topological polar surface area (TPSA) is 71.9 Å². The Hall–Kier alpha value is -2.15. The summed E-state index contributed by atoms with van der Waals surface area (Å²) < 4.78 is 6.82. The maximum absolute atomic E-state index is 12.9. The van der Waals surface area contributed by atoms with Crippen molar-refractivity contribution in [1.29, 1.82) is 0 Å². The van der Waals surface area contributed by atoms with Crippen molar-refractivity contribution < 1.29 is 14.3 Å². The van der Waals surface area contributed by atoms with Gasteiger partial charge in [-0.1, -0.05) is 0 Å². The number of pyridine rings is 1. The van der Waals surface area contributed by atoms with Crippen molar-refractivity contribution in [1.82, 2.24) is 14.4 Å². The minimum atomic E-state index is -0.278. The van der Waals surface area contributed by atoms with E-state index in [2.05, 4.69) is 0 Å². The van der Waals surface area contributed by atoms with E-state index in [1.807, 2.05) is 18.7 Å². The van der Waals surface area contributed by atoms with Gasteiger partial charge in [-0.05, 0) is 38.3 Å². The highest BCUT2D eigenvalue weighted by Crippen LogP contribution is 2.21. The van der Waals surface area contributed by atoms with Gasteiger partial charge in [-0.3, -0.25) is 14.4 Å². The lowest BCUT2D eigenvalue weighted by molar-refractivity contribution is -0.141. The van der Waals surface area contributed by atoms with Gasteiger partial charge >= 0.3 is 0 Å². The quantitative estimate of drug-likeness (QED) is 0.778. The maximum atomic E-state index is 12.9. The Bertz CT molecular complexity index is 765. The highest BCUT2D eigenvalue weighted by molar-refractivity contribution is 5.94. The zero-order valence-corrected chi connectivity index (χ0v) is 15.8. The van der Waals surface area contributed by atoms with Gasteiger partial charge in [0.1, 0.15) is 5.56 Å². The highest BCUT2D eigenvalue weighted by Gasteiger charge is 2.33. The molecule has 0 radical (unpaired) electrons. The second kappa shape index (κ2) is 7.61. The van der Waals surface area contributed by atoms with Crippen LogP contribution >= 0.6 is 0 Å². The van der Waals surface area contributed by atoms with Crippen LogP contribution in [0.1, 0.15) is 34.5 Å². The molecule has 2 amide bonds. The van der Waals surface area contributed by atoms with E-state index < -0.39 is 0 Å². The fourth-order valence-corrected chi connectivity index (χ4v) is 3.71. The maximum Gasteiger partial charge on any atom is 0.263 e. The molecule has 142 valence electrons. The van der Waals surface area contributed by atoms with Gasteiger partial charge in [0, 0.05) is 38.9 Å². The number of nitrogens with zero attached hydrogens (tertiary/aromatic N) is 3. The third-order valence-electron chi connectivity index (χ3n) is 5.58. The fourth-order valence-electron chi connectivity index (χ4n) is 3.71. The molecule has 7 nitrogen and oxygen atoms in total. The lowest BCUT2D eigenvalue weighted by Crippen LogP contribution is -2.50. The molecule has 3 rings (SSSR count). The molecule has 2 saturated heterocycles. The Labute approximate surface area is 153 Å². The number of carbonyl (C=O) groups is 2. The molecule has 1 aromatic rings. The number of hydrogen-bond donors (Lipinski definition) is 0. The van der Waals surface area contributed by atoms with E-state index in [1.165, 1.54) is 4.57 Å². The number of carbonyl (C=O) groups excluding carboxylic acids is 2. The van der Waals surface area contributed by atoms with E-state index in [0.717, 1.165) is 24.1 Å². The molecule has 7 heteroatoms. The number of aryl methyl sites for hydroxylation is 1. The van der Waals surface area contributed by atoms with Crippen LogP contribution in [0.5, 0.6) is 0 Å². The van der Waals surface area contributed by atoms with Crippen molar-refractivity contribution in [3.8, 4) is 0 Å². The molecule has 3 heterocycles. The van der Waals surface area contributed by atoms with Crippen molar-refractivity contribution >= 4 is 11.8 Å². The predicted molar refractivity (Wildman–Crippen MR) is 97.2 cm³/mol. The SMILES string of the molecule is Cc1cc(C(=O)N2CCC[C@@H](C(=O)N3CCOCC3)C2)c(=O)n(C)c1C. The van der Waals surface area contributed by atoms with E-state index in [1.54, 1.807) is 18.0 Å². The van der Waals surface area contributed by atoms with Crippen LogP contribution < -0.4 is 5.56 Å². The molecule has 26 heavy (non-hydrogen) atoms. The Morgan fingerprint density at radius 3 is 2.50 bits per heavy atom. The number of likely N-dealkylation sites (tertiary alicyclic amines) is 1. The van der Waals surface area contributed by atoms with Crippen molar-refractivity contribution in [3.63, 3.8) is 0 Å². The van der Waals surface area contributed by atoms with Crippen LogP contribution in [-0.4, -0.2) is 65.6 Å². The number of amides is 2. The average molecular weight is 361 g/mol. The second-order valence-corrected chi connectivity index (χ2v) is 7.22. The normalized spacial score (nSPS) is 21.0. The van der Waals surface area contributed by atoms with Crippen LogP contribution in [0.3, 0.4) is 0 Å². The number of aromatic nitrogens is 1. The minimum absolute atomic E-state index is 0.0961. The summed E-state index contributed by atoms with van der Waals surface area (Å²) in [6.07, 6.45) is 1.56. The number of ether oxygens (including phenoxy) is 1. The summed E-state index contributed by atoms with van der Waals surface area (Å²) in [6, 6.07) is 1.67. The van der Waals surface area contributed by atoms with E-state index in [9.17, 15) is 14.4 Å². The molecule has 1 atom stereocenters. The van der Waals surface area contributed by atoms with Crippen LogP contribution in [-0.2, 0) is 16.6 Å². The zero-order valence-electron chi connectivity index (χ0n) is 15.8. The van der Waals surface area contributed by atoms with Crippen molar-refractivity contribution in [2.24, 2.45) is 13.0 Å². The molecular formula is C19H27N3O4. The van der Waals surface area contributed by atoms with Gasteiger partial charge in [0.05, 0.1) is 19.1 Å². The molecule has 0 saturated carbocycles. The molecule has 2 fully saturated rings. The summed E-state index contributed by atoms with van der Waals surface area (Å²) in [7, 11) is 1.68. The third-order valence-corrected chi connectivity index (χ3v) is 5.58. The monoisotopic (exact) mass is 361 g/mol. The van der Waals surface area contributed by atoms with Crippen LogP contribution in [0, 0.1) is 19.8 Å². The number of morpholine rings is 1. The Kier molecular flexibility index (Phi) is 5.46. The first-order valence-electron chi connectivity index (χ1n) is 9.23. The van der Waals surface area contributed by atoms with Gasteiger partial charge < -0.3 is 19.1 Å². The largest absolute Gasteiger partial charge is 0.378 e. The molecule has 0 aliphatic carbocycles. The van der Waals surface area contributed by atoms with Gasteiger partial charge in [0.2, 0.25) is 5.91 Å². The first kappa shape index (κ1) is 18.6. The Balaban J connectivity index is 1.76. The lowest BCUT2D eigenvalue weighted by atomic mass is 9.95. The van der Waals surface area contributed by atoms with Crippen molar-refractivity contribution in [3.05, 3.63) is 33.2 Å².